The zero-order valence-corrected chi connectivity index (χ0v) is 9.62. The van der Waals surface area contributed by atoms with E-state index in [2.05, 4.69) is 44.0 Å². The quantitative estimate of drug-likeness (QED) is 0.663. The van der Waals surface area contributed by atoms with E-state index in [1.807, 2.05) is 0 Å². The fourth-order valence-electron chi connectivity index (χ4n) is 1.35. The minimum absolute atomic E-state index is 1.03. The predicted molar refractivity (Wildman–Crippen MR) is 57.1 cm³/mol. The molecule has 0 N–H and O–H groups in total. The van der Waals surface area contributed by atoms with Crippen LogP contribution in [-0.4, -0.2) is 0 Å². The first-order valence-corrected chi connectivity index (χ1v) is 5.58. The zero-order chi connectivity index (χ0) is 8.10. The average Bonchev–Trinajstić information content (AvgIpc) is 2.03. The van der Waals surface area contributed by atoms with Gasteiger partial charge in [-0.25, -0.2) is 0 Å². The first kappa shape index (κ1) is 9.53. The molecule has 1 aliphatic carbocycles. The summed E-state index contributed by atoms with van der Waals surface area (Å²) in [5, 5.41) is 0. The molecule has 0 heterocycles. The van der Waals surface area contributed by atoms with E-state index in [1.165, 1.54) is 32.1 Å². The first-order chi connectivity index (χ1) is 5.29. The number of halogens is 2. The topological polar surface area (TPSA) is 0 Å². The maximum absolute atomic E-state index is 3.33. The lowest BCUT2D eigenvalue weighted by molar-refractivity contribution is 0.599. The van der Waals surface area contributed by atoms with Crippen LogP contribution in [0.5, 0.6) is 0 Å². The Balaban J connectivity index is 2.44. The highest BCUT2D eigenvalue weighted by molar-refractivity contribution is 9.28. The lowest BCUT2D eigenvalue weighted by atomic mass is 9.95. The maximum Gasteiger partial charge on any atom is 0.0604 e. The SMILES string of the molecule is BrC(Br)=CC=C1CCCCC1. The summed E-state index contributed by atoms with van der Waals surface area (Å²) >= 11 is 6.67. The Morgan fingerprint density at radius 2 is 1.73 bits per heavy atom. The average molecular weight is 280 g/mol. The van der Waals surface area contributed by atoms with Crippen LogP contribution in [0.15, 0.2) is 21.1 Å². The molecule has 0 radical (unpaired) electrons. The largest absolute Gasteiger partial charge is 0.0702 e. The van der Waals surface area contributed by atoms with E-state index in [0.29, 0.717) is 0 Å². The van der Waals surface area contributed by atoms with Gasteiger partial charge in [-0.2, -0.15) is 0 Å². The summed E-state index contributed by atoms with van der Waals surface area (Å²) in [6.07, 6.45) is 11.0. The molecule has 0 amide bonds. The molecule has 0 aromatic heterocycles. The summed E-state index contributed by atoms with van der Waals surface area (Å²) < 4.78 is 1.03. The molecule has 1 aliphatic rings. The van der Waals surface area contributed by atoms with Crippen LogP contribution in [0, 0.1) is 0 Å². The van der Waals surface area contributed by atoms with Crippen LogP contribution in [0.4, 0.5) is 0 Å². The van der Waals surface area contributed by atoms with Crippen LogP contribution in [0.1, 0.15) is 32.1 Å². The van der Waals surface area contributed by atoms with Crippen molar-refractivity contribution >= 4 is 31.9 Å². The van der Waals surface area contributed by atoms with Gasteiger partial charge in [0.2, 0.25) is 0 Å². The van der Waals surface area contributed by atoms with Crippen molar-refractivity contribution in [1.29, 1.82) is 0 Å². The summed E-state index contributed by atoms with van der Waals surface area (Å²) in [7, 11) is 0. The van der Waals surface area contributed by atoms with Crippen LogP contribution in [0.2, 0.25) is 0 Å². The van der Waals surface area contributed by atoms with Gasteiger partial charge in [0.1, 0.15) is 0 Å². The lowest BCUT2D eigenvalue weighted by Crippen LogP contribution is -1.92. The Hall–Kier alpha value is 0.440. The number of hydrogen-bond acceptors (Lipinski definition) is 0. The molecule has 0 nitrogen and oxygen atoms in total. The molecule has 2 heteroatoms. The van der Waals surface area contributed by atoms with Gasteiger partial charge in [0.25, 0.3) is 0 Å². The van der Waals surface area contributed by atoms with Crippen molar-refractivity contribution < 1.29 is 0 Å². The Kier molecular flexibility index (Phi) is 4.46. The van der Waals surface area contributed by atoms with Gasteiger partial charge in [-0.1, -0.05) is 18.1 Å². The van der Waals surface area contributed by atoms with Gasteiger partial charge in [0.05, 0.1) is 3.39 Å². The van der Waals surface area contributed by atoms with E-state index in [9.17, 15) is 0 Å². The van der Waals surface area contributed by atoms with Crippen LogP contribution < -0.4 is 0 Å². The molecule has 0 bridgehead atoms. The van der Waals surface area contributed by atoms with Crippen LogP contribution in [-0.2, 0) is 0 Å². The monoisotopic (exact) mass is 278 g/mol. The summed E-state index contributed by atoms with van der Waals surface area (Å²) in [6.45, 7) is 0. The molecule has 1 saturated carbocycles. The highest BCUT2D eigenvalue weighted by Crippen LogP contribution is 2.23. The van der Waals surface area contributed by atoms with Crippen LogP contribution >= 0.6 is 31.9 Å². The van der Waals surface area contributed by atoms with Crippen molar-refractivity contribution in [3.8, 4) is 0 Å². The third kappa shape index (κ3) is 4.12. The van der Waals surface area contributed by atoms with Gasteiger partial charge in [-0.15, -0.1) is 0 Å². The van der Waals surface area contributed by atoms with Gasteiger partial charge in [-0.05, 0) is 63.6 Å². The Morgan fingerprint density at radius 3 is 2.27 bits per heavy atom. The minimum Gasteiger partial charge on any atom is -0.0702 e. The maximum atomic E-state index is 3.33. The molecule has 0 atom stereocenters. The summed E-state index contributed by atoms with van der Waals surface area (Å²) in [4.78, 5) is 0. The van der Waals surface area contributed by atoms with E-state index in [0.717, 1.165) is 3.39 Å². The van der Waals surface area contributed by atoms with Crippen molar-refractivity contribution in [2.45, 2.75) is 32.1 Å². The molecule has 11 heavy (non-hydrogen) atoms. The first-order valence-electron chi connectivity index (χ1n) is 4.00. The van der Waals surface area contributed by atoms with Crippen LogP contribution in [0.3, 0.4) is 0 Å². The normalized spacial score (nSPS) is 17.8. The summed E-state index contributed by atoms with van der Waals surface area (Å²) in [6, 6.07) is 0. The number of rotatable bonds is 1. The molecule has 0 saturated heterocycles. The third-order valence-electron chi connectivity index (χ3n) is 1.94. The van der Waals surface area contributed by atoms with Crippen molar-refractivity contribution in [3.63, 3.8) is 0 Å². The number of hydrogen-bond donors (Lipinski definition) is 0. The van der Waals surface area contributed by atoms with Crippen molar-refractivity contribution in [3.05, 3.63) is 21.1 Å². The predicted octanol–water partition coefficient (Wildman–Crippen LogP) is 4.51. The Labute approximate surface area is 85.0 Å². The third-order valence-corrected chi connectivity index (χ3v) is 2.47. The highest BCUT2D eigenvalue weighted by atomic mass is 79.9. The molecule has 1 rings (SSSR count). The van der Waals surface area contributed by atoms with Crippen molar-refractivity contribution in [2.24, 2.45) is 0 Å². The van der Waals surface area contributed by atoms with E-state index in [1.54, 1.807) is 5.57 Å². The molecule has 0 aromatic rings. The van der Waals surface area contributed by atoms with E-state index in [4.69, 9.17) is 0 Å². The standard InChI is InChI=1S/C9H12Br2/c10-9(11)7-6-8-4-2-1-3-5-8/h6-7H,1-5H2. The molecule has 0 spiro atoms. The Bertz CT molecular complexity index is 168. The summed E-state index contributed by atoms with van der Waals surface area (Å²) in [5.74, 6) is 0. The van der Waals surface area contributed by atoms with Gasteiger partial charge in [0, 0.05) is 0 Å². The van der Waals surface area contributed by atoms with E-state index < -0.39 is 0 Å². The minimum atomic E-state index is 1.03. The lowest BCUT2D eigenvalue weighted by Gasteiger charge is -2.12. The second-order valence-corrected chi connectivity index (χ2v) is 5.61. The fourth-order valence-corrected chi connectivity index (χ4v) is 1.62. The van der Waals surface area contributed by atoms with Crippen molar-refractivity contribution in [2.75, 3.05) is 0 Å². The van der Waals surface area contributed by atoms with Gasteiger partial charge in [0.15, 0.2) is 0 Å². The van der Waals surface area contributed by atoms with Gasteiger partial charge < -0.3 is 0 Å². The molecule has 1 fully saturated rings. The van der Waals surface area contributed by atoms with Gasteiger partial charge >= 0.3 is 0 Å². The zero-order valence-electron chi connectivity index (χ0n) is 6.45. The fraction of sp³-hybridized carbons (Fsp3) is 0.556. The second kappa shape index (κ2) is 5.15. The number of allylic oxidation sites excluding steroid dienone is 3. The summed E-state index contributed by atoms with van der Waals surface area (Å²) in [5.41, 5.74) is 1.59. The molecular weight excluding hydrogens is 268 g/mol. The smallest absolute Gasteiger partial charge is 0.0604 e. The van der Waals surface area contributed by atoms with Crippen LogP contribution in [0.25, 0.3) is 0 Å². The highest BCUT2D eigenvalue weighted by Gasteiger charge is 2.03. The second-order valence-electron chi connectivity index (χ2n) is 2.84. The molecule has 62 valence electrons. The van der Waals surface area contributed by atoms with Crippen molar-refractivity contribution in [1.82, 2.24) is 0 Å². The van der Waals surface area contributed by atoms with E-state index in [-0.39, 0.29) is 0 Å². The molecule has 0 aromatic carbocycles. The van der Waals surface area contributed by atoms with Gasteiger partial charge in [-0.3, -0.25) is 0 Å². The molecule has 0 aliphatic heterocycles. The Morgan fingerprint density at radius 1 is 1.09 bits per heavy atom. The van der Waals surface area contributed by atoms with E-state index >= 15 is 0 Å². The molecule has 0 unspecified atom stereocenters. The molecular formula is C9H12Br2.